The summed E-state index contributed by atoms with van der Waals surface area (Å²) in [6.07, 6.45) is 12.5. The molecule has 0 radical (unpaired) electrons. The first kappa shape index (κ1) is 37.5. The van der Waals surface area contributed by atoms with Crippen molar-refractivity contribution < 1.29 is 34.1 Å². The van der Waals surface area contributed by atoms with Crippen molar-refractivity contribution in [1.82, 2.24) is 5.48 Å². The Morgan fingerprint density at radius 1 is 1.21 bits per heavy atom. The third-order valence-corrected chi connectivity index (χ3v) is 12.0. The molecule has 8 nitrogen and oxygen atoms in total. The number of aliphatic hydroxyl groups is 1. The molecule has 0 spiro atoms. The molecule has 3 N–H and O–H groups in total. The number of hydrogen-bond acceptors (Lipinski definition) is 10. The van der Waals surface area contributed by atoms with Crippen LogP contribution in [0.25, 0.3) is 0 Å². The number of aliphatic hydroxyl groups excluding tert-OH is 1. The van der Waals surface area contributed by atoms with Crippen molar-refractivity contribution in [2.75, 3.05) is 12.0 Å². The monoisotopic (exact) mass is 645 g/mol. The zero-order valence-corrected chi connectivity index (χ0v) is 28.8. The maximum atomic E-state index is 11.2. The lowest BCUT2D eigenvalue weighted by Gasteiger charge is -2.40. The normalized spacial score (nSPS) is 30.9. The number of terminal acetylenes is 1. The van der Waals surface area contributed by atoms with Gasteiger partial charge in [-0.2, -0.15) is 17.2 Å². The number of hydrogen-bond donors (Lipinski definition) is 3. The van der Waals surface area contributed by atoms with E-state index in [9.17, 15) is 9.90 Å². The van der Waals surface area contributed by atoms with Crippen molar-refractivity contribution >= 4 is 39.3 Å². The van der Waals surface area contributed by atoms with Gasteiger partial charge in [-0.15, -0.1) is 6.42 Å². The summed E-state index contributed by atoms with van der Waals surface area (Å²) in [7, 11) is 3.20. The zero-order valence-electron chi connectivity index (χ0n) is 26.3. The quantitative estimate of drug-likeness (QED) is 0.0587. The van der Waals surface area contributed by atoms with Gasteiger partial charge in [0, 0.05) is 28.6 Å². The fourth-order valence-corrected chi connectivity index (χ4v) is 8.32. The van der Waals surface area contributed by atoms with Crippen LogP contribution in [0.5, 0.6) is 0 Å². The summed E-state index contributed by atoms with van der Waals surface area (Å²) in [5.41, 5.74) is 5.01. The summed E-state index contributed by atoms with van der Waals surface area (Å²) in [5, 5.41) is 20.6. The van der Waals surface area contributed by atoms with Crippen LogP contribution in [0.3, 0.4) is 0 Å². The predicted molar refractivity (Wildman–Crippen MR) is 175 cm³/mol. The van der Waals surface area contributed by atoms with Gasteiger partial charge < -0.3 is 24.4 Å². The molecule has 0 aromatic rings. The number of carboxylic acids is 1. The molecule has 2 fully saturated rings. The third-order valence-electron chi connectivity index (χ3n) is 7.68. The van der Waals surface area contributed by atoms with Crippen LogP contribution in [0.1, 0.15) is 80.6 Å². The number of allylic oxidation sites excluding steroid dienone is 1. The van der Waals surface area contributed by atoms with Crippen molar-refractivity contribution in [3.05, 3.63) is 23.3 Å². The smallest absolute Gasteiger partial charge is 0.304 e. The summed E-state index contributed by atoms with van der Waals surface area (Å²) in [6, 6.07) is -0.442. The van der Waals surface area contributed by atoms with Gasteiger partial charge in [0.1, 0.15) is 6.10 Å². The van der Waals surface area contributed by atoms with E-state index in [1.54, 1.807) is 21.6 Å². The average molecular weight is 646 g/mol. The van der Waals surface area contributed by atoms with Crippen LogP contribution in [-0.4, -0.2) is 81.2 Å². The molecule has 0 aromatic heterocycles. The topological polar surface area (TPSA) is 106 Å². The minimum absolute atomic E-state index is 0.0973. The lowest BCUT2D eigenvalue weighted by molar-refractivity contribution is -0.266. The summed E-state index contributed by atoms with van der Waals surface area (Å²) >= 11 is 1.81. The molecule has 2 heterocycles. The van der Waals surface area contributed by atoms with E-state index in [1.807, 2.05) is 45.5 Å². The molecule has 11 heteroatoms. The Morgan fingerprint density at radius 3 is 2.45 bits per heavy atom. The van der Waals surface area contributed by atoms with Crippen LogP contribution in [-0.2, 0) is 23.8 Å². The SMILES string of the molecule is C#C[C@H](OC1CC(O)[C@H](NOC2CC[C@H](SC)C(C)O2)C(C)O1)C(=C/C)/C(=C\CSSC(C)(C)CC(=O)O)C(C)CC. The first-order valence-corrected chi connectivity index (χ1v) is 18.4. The number of carboxylic acid groups (broad SMARTS) is 1. The summed E-state index contributed by atoms with van der Waals surface area (Å²) in [5.74, 6) is 2.93. The molecule has 2 rings (SSSR count). The van der Waals surface area contributed by atoms with E-state index in [2.05, 4.69) is 44.5 Å². The zero-order chi connectivity index (χ0) is 31.4. The highest BCUT2D eigenvalue weighted by atomic mass is 33.1. The second kappa shape index (κ2) is 18.3. The molecule has 0 aliphatic carbocycles. The van der Waals surface area contributed by atoms with Gasteiger partial charge in [-0.25, -0.2) is 0 Å². The van der Waals surface area contributed by atoms with Gasteiger partial charge in [0.05, 0.1) is 30.8 Å². The lowest BCUT2D eigenvalue weighted by Crippen LogP contribution is -2.56. The van der Waals surface area contributed by atoms with Crippen molar-refractivity contribution in [2.45, 2.75) is 134 Å². The molecule has 0 saturated carbocycles. The highest BCUT2D eigenvalue weighted by Crippen LogP contribution is 2.39. The van der Waals surface area contributed by atoms with Crippen molar-refractivity contribution in [2.24, 2.45) is 5.92 Å². The third kappa shape index (κ3) is 11.7. The Bertz CT molecular complexity index is 941. The van der Waals surface area contributed by atoms with Crippen LogP contribution >= 0.6 is 33.3 Å². The van der Waals surface area contributed by atoms with E-state index in [4.69, 9.17) is 30.6 Å². The van der Waals surface area contributed by atoms with Gasteiger partial charge in [-0.05, 0) is 70.8 Å². The molecule has 2 saturated heterocycles. The standard InChI is InChI=1S/C31H51NO7S3/c1-10-19(4)23(15-16-41-42-31(7,8)18-27(34)35)22(11-2)25(12-3)38-29-17-24(33)30(21(6)37-29)32-39-28-14-13-26(40-9)20(5)36-28/h3,11,15,19-21,24-26,28-30,32-33H,10,13-14,16-18H2,1-2,4-9H3,(H,34,35)/b22-11+,23-15-/t19?,20?,21?,24?,25-,26-,28?,29?,30+/m0/s1. The summed E-state index contributed by atoms with van der Waals surface area (Å²) in [4.78, 5) is 17.0. The molecule has 2 aliphatic heterocycles. The first-order chi connectivity index (χ1) is 19.8. The minimum atomic E-state index is -0.801. The highest BCUT2D eigenvalue weighted by molar-refractivity contribution is 8.77. The average Bonchev–Trinajstić information content (AvgIpc) is 2.92. The Balaban J connectivity index is 2.00. The molecule has 0 amide bonds. The number of hydroxylamine groups is 1. The number of carbonyl (C=O) groups is 1. The minimum Gasteiger partial charge on any atom is -0.481 e. The van der Waals surface area contributed by atoms with Crippen molar-refractivity contribution in [3.8, 4) is 12.3 Å². The second-order valence-corrected chi connectivity index (χ2v) is 15.7. The van der Waals surface area contributed by atoms with Gasteiger partial charge >= 0.3 is 5.97 Å². The molecule has 2 aliphatic rings. The van der Waals surface area contributed by atoms with E-state index in [0.717, 1.165) is 30.4 Å². The second-order valence-electron chi connectivity index (χ2n) is 11.6. The molecule has 6 unspecified atom stereocenters. The van der Waals surface area contributed by atoms with Crippen LogP contribution in [0, 0.1) is 18.3 Å². The Hall–Kier alpha value is -0.680. The van der Waals surface area contributed by atoms with Crippen LogP contribution in [0.4, 0.5) is 0 Å². The number of nitrogens with one attached hydrogen (secondary N) is 1. The fourth-order valence-electron chi connectivity index (χ4n) is 5.14. The van der Waals surface area contributed by atoms with Crippen LogP contribution in [0.2, 0.25) is 0 Å². The fraction of sp³-hybridized carbons (Fsp3) is 0.774. The van der Waals surface area contributed by atoms with Gasteiger partial charge in [-0.1, -0.05) is 53.5 Å². The first-order valence-electron chi connectivity index (χ1n) is 14.8. The van der Waals surface area contributed by atoms with E-state index < -0.39 is 36.6 Å². The molecular formula is C31H51NO7S3. The lowest BCUT2D eigenvalue weighted by atomic mass is 9.88. The van der Waals surface area contributed by atoms with Crippen molar-refractivity contribution in [1.29, 1.82) is 0 Å². The molecule has 0 bridgehead atoms. The van der Waals surface area contributed by atoms with E-state index in [1.165, 1.54) is 0 Å². The van der Waals surface area contributed by atoms with Gasteiger partial charge in [-0.3, -0.25) is 9.63 Å². The maximum absolute atomic E-state index is 11.2. The Kier molecular flexibility index (Phi) is 16.4. The largest absolute Gasteiger partial charge is 0.481 e. The molecule has 240 valence electrons. The predicted octanol–water partition coefficient (Wildman–Crippen LogP) is 6.20. The van der Waals surface area contributed by atoms with Crippen LogP contribution < -0.4 is 5.48 Å². The Labute approximate surface area is 265 Å². The van der Waals surface area contributed by atoms with E-state index >= 15 is 0 Å². The number of rotatable bonds is 16. The highest BCUT2D eigenvalue weighted by Gasteiger charge is 2.39. The number of ether oxygens (including phenoxy) is 3. The van der Waals surface area contributed by atoms with Crippen LogP contribution in [0.15, 0.2) is 23.3 Å². The summed E-state index contributed by atoms with van der Waals surface area (Å²) < 4.78 is 18.1. The van der Waals surface area contributed by atoms with Gasteiger partial charge in [0.15, 0.2) is 12.6 Å². The number of thioether (sulfide) groups is 1. The number of aliphatic carboxylic acids is 1. The van der Waals surface area contributed by atoms with Gasteiger partial charge in [0.25, 0.3) is 0 Å². The molecule has 42 heavy (non-hydrogen) atoms. The van der Waals surface area contributed by atoms with Crippen molar-refractivity contribution in [3.63, 3.8) is 0 Å². The van der Waals surface area contributed by atoms with E-state index in [0.29, 0.717) is 11.0 Å². The Morgan fingerprint density at radius 2 is 1.90 bits per heavy atom. The molecular weight excluding hydrogens is 595 g/mol. The maximum Gasteiger partial charge on any atom is 0.304 e. The molecule has 9 atom stereocenters. The summed E-state index contributed by atoms with van der Waals surface area (Å²) in [6.45, 7) is 14.1. The van der Waals surface area contributed by atoms with Gasteiger partial charge in [0.2, 0.25) is 0 Å². The van der Waals surface area contributed by atoms with E-state index in [-0.39, 0.29) is 35.9 Å². The molecule has 0 aromatic carbocycles.